The van der Waals surface area contributed by atoms with Gasteiger partial charge in [0.05, 0.1) is 12.0 Å². The summed E-state index contributed by atoms with van der Waals surface area (Å²) in [6.07, 6.45) is 3.49. The normalized spacial score (nSPS) is 24.9. The van der Waals surface area contributed by atoms with Crippen LogP contribution in [0.15, 0.2) is 24.3 Å². The van der Waals surface area contributed by atoms with E-state index in [1.807, 2.05) is 17.9 Å². The van der Waals surface area contributed by atoms with Crippen LogP contribution in [0.3, 0.4) is 0 Å². The highest BCUT2D eigenvalue weighted by molar-refractivity contribution is 7.99. The van der Waals surface area contributed by atoms with Crippen LogP contribution >= 0.6 is 11.8 Å². The Morgan fingerprint density at radius 3 is 2.75 bits per heavy atom. The van der Waals surface area contributed by atoms with Crippen LogP contribution in [0.2, 0.25) is 0 Å². The number of fused-ring (bicyclic) bond motifs is 2. The number of anilines is 1. The van der Waals surface area contributed by atoms with Crippen LogP contribution in [0.5, 0.6) is 0 Å². The van der Waals surface area contributed by atoms with Crippen molar-refractivity contribution in [2.24, 2.45) is 0 Å². The topological polar surface area (TPSA) is 70.1 Å². The van der Waals surface area contributed by atoms with Gasteiger partial charge in [-0.2, -0.15) is 11.8 Å². The van der Waals surface area contributed by atoms with Crippen molar-refractivity contribution in [1.82, 2.24) is 4.90 Å². The maximum atomic E-state index is 13.4. The van der Waals surface area contributed by atoms with E-state index in [4.69, 9.17) is 14.6 Å². The predicted octanol–water partition coefficient (Wildman–Crippen LogP) is 2.61. The van der Waals surface area contributed by atoms with E-state index in [1.165, 1.54) is 29.9 Å². The van der Waals surface area contributed by atoms with E-state index in [0.29, 0.717) is 31.7 Å². The zero-order valence-corrected chi connectivity index (χ0v) is 17.3. The van der Waals surface area contributed by atoms with E-state index in [2.05, 4.69) is 34.9 Å². The van der Waals surface area contributed by atoms with Gasteiger partial charge in [-0.3, -0.25) is 14.5 Å². The van der Waals surface area contributed by atoms with Crippen molar-refractivity contribution in [2.45, 2.75) is 37.6 Å². The highest BCUT2D eigenvalue weighted by Gasteiger charge is 2.54. The second-order valence-corrected chi connectivity index (χ2v) is 8.65. The van der Waals surface area contributed by atoms with E-state index in [9.17, 15) is 4.79 Å². The fourth-order valence-electron chi connectivity index (χ4n) is 4.71. The molecule has 1 spiro atoms. The number of hydrogen-bond acceptors (Lipinski definition) is 5. The average Bonchev–Trinajstić information content (AvgIpc) is 3.27. The van der Waals surface area contributed by atoms with Gasteiger partial charge in [0, 0.05) is 31.4 Å². The molecule has 0 saturated carbocycles. The Bertz CT molecular complexity index is 680. The lowest BCUT2D eigenvalue weighted by atomic mass is 9.81. The summed E-state index contributed by atoms with van der Waals surface area (Å²) < 4.78 is 5.52. The minimum atomic E-state index is -0.326. The van der Waals surface area contributed by atoms with Crippen LogP contribution in [0, 0.1) is 0 Å². The summed E-state index contributed by atoms with van der Waals surface area (Å²) in [5.41, 5.74) is 2.02. The smallest absolute Gasteiger partial charge is 0.290 e. The number of nitrogens with zero attached hydrogens (tertiary/aromatic N) is 2. The quantitative estimate of drug-likeness (QED) is 0.599. The first kappa shape index (κ1) is 21.1. The van der Waals surface area contributed by atoms with Crippen LogP contribution in [0.4, 0.5) is 5.69 Å². The van der Waals surface area contributed by atoms with Crippen molar-refractivity contribution >= 4 is 29.8 Å². The minimum absolute atomic E-state index is 0.250. The van der Waals surface area contributed by atoms with Crippen LogP contribution in [-0.4, -0.2) is 72.8 Å². The second kappa shape index (κ2) is 9.76. The SMILES string of the molecule is CCOCCN1C(=O)C2(CCN(C3CCSCC3)C2)c2ccccc21.O=CO. The van der Waals surface area contributed by atoms with Gasteiger partial charge in [0.25, 0.3) is 6.47 Å². The summed E-state index contributed by atoms with van der Waals surface area (Å²) in [5.74, 6) is 2.82. The molecule has 0 bridgehead atoms. The molecule has 154 valence electrons. The molecule has 1 amide bonds. The number of carboxylic acid groups (broad SMARTS) is 1. The largest absolute Gasteiger partial charge is 0.483 e. The van der Waals surface area contributed by atoms with Crippen molar-refractivity contribution in [3.05, 3.63) is 29.8 Å². The Labute approximate surface area is 171 Å². The second-order valence-electron chi connectivity index (χ2n) is 7.42. The van der Waals surface area contributed by atoms with Crippen LogP contribution in [0.1, 0.15) is 31.7 Å². The van der Waals surface area contributed by atoms with Crippen LogP contribution in [0.25, 0.3) is 0 Å². The number of carbonyl (C=O) groups excluding carboxylic acids is 1. The molecule has 3 heterocycles. The number of likely N-dealkylation sites (tertiary alicyclic amines) is 1. The summed E-state index contributed by atoms with van der Waals surface area (Å²) in [5, 5.41) is 6.89. The predicted molar refractivity (Wildman–Crippen MR) is 112 cm³/mol. The molecule has 7 heteroatoms. The molecule has 6 nitrogen and oxygen atoms in total. The van der Waals surface area contributed by atoms with E-state index in [-0.39, 0.29) is 11.9 Å². The number of para-hydroxylation sites is 1. The van der Waals surface area contributed by atoms with Gasteiger partial charge >= 0.3 is 0 Å². The highest BCUT2D eigenvalue weighted by atomic mass is 32.2. The molecule has 0 radical (unpaired) electrons. The zero-order chi connectivity index (χ0) is 20.0. The van der Waals surface area contributed by atoms with Crippen molar-refractivity contribution in [1.29, 1.82) is 0 Å². The van der Waals surface area contributed by atoms with E-state index < -0.39 is 0 Å². The molecule has 0 aromatic heterocycles. The lowest BCUT2D eigenvalue weighted by molar-refractivity contribution is -0.123. The summed E-state index contributed by atoms with van der Waals surface area (Å²) in [7, 11) is 0. The molecule has 4 rings (SSSR count). The molecular weight excluding hydrogens is 376 g/mol. The minimum Gasteiger partial charge on any atom is -0.483 e. The van der Waals surface area contributed by atoms with Gasteiger partial charge in [-0.1, -0.05) is 18.2 Å². The highest BCUT2D eigenvalue weighted by Crippen LogP contribution is 2.48. The van der Waals surface area contributed by atoms with Gasteiger partial charge in [-0.05, 0) is 55.9 Å². The van der Waals surface area contributed by atoms with E-state index in [0.717, 1.165) is 25.2 Å². The maximum absolute atomic E-state index is 13.4. The van der Waals surface area contributed by atoms with Crippen molar-refractivity contribution < 1.29 is 19.4 Å². The standard InChI is InChI=1S/C20H28N2O2S.CH2O2/c1-2-24-12-11-22-18-6-4-3-5-17(18)20(19(22)23)9-10-21(15-20)16-7-13-25-14-8-16;2-1-3/h3-6,16H,2,7-15H2,1H3;1H,(H,2,3). The molecule has 28 heavy (non-hydrogen) atoms. The van der Waals surface area contributed by atoms with E-state index in [1.54, 1.807) is 0 Å². The summed E-state index contributed by atoms with van der Waals surface area (Å²) in [6, 6.07) is 9.07. The molecule has 1 aromatic carbocycles. The van der Waals surface area contributed by atoms with Crippen molar-refractivity contribution in [2.75, 3.05) is 49.3 Å². The number of carbonyl (C=O) groups is 2. The Morgan fingerprint density at radius 2 is 2.04 bits per heavy atom. The Hall–Kier alpha value is -1.57. The molecule has 1 atom stereocenters. The lowest BCUT2D eigenvalue weighted by Crippen LogP contribution is -2.45. The molecule has 0 aliphatic carbocycles. The van der Waals surface area contributed by atoms with E-state index >= 15 is 0 Å². The Morgan fingerprint density at radius 1 is 1.32 bits per heavy atom. The van der Waals surface area contributed by atoms with Gasteiger partial charge in [0.2, 0.25) is 5.91 Å². The first-order valence-electron chi connectivity index (χ1n) is 10.1. The molecule has 1 unspecified atom stereocenters. The third-order valence-corrected chi connectivity index (χ3v) is 7.08. The molecule has 1 aromatic rings. The third-order valence-electron chi connectivity index (χ3n) is 6.03. The number of thioether (sulfide) groups is 1. The average molecular weight is 407 g/mol. The molecule has 2 saturated heterocycles. The van der Waals surface area contributed by atoms with Gasteiger partial charge in [0.15, 0.2) is 0 Å². The Balaban J connectivity index is 0.000000706. The fourth-order valence-corrected chi connectivity index (χ4v) is 5.80. The van der Waals surface area contributed by atoms with Gasteiger partial charge < -0.3 is 14.7 Å². The fraction of sp³-hybridized carbons (Fsp3) is 0.619. The molecule has 1 N–H and O–H groups in total. The van der Waals surface area contributed by atoms with Gasteiger partial charge in [-0.25, -0.2) is 0 Å². The summed E-state index contributed by atoms with van der Waals surface area (Å²) >= 11 is 2.07. The number of benzene rings is 1. The number of amides is 1. The summed E-state index contributed by atoms with van der Waals surface area (Å²) in [6.45, 7) is 5.65. The molecule has 2 fully saturated rings. The number of rotatable bonds is 5. The van der Waals surface area contributed by atoms with Crippen LogP contribution < -0.4 is 4.90 Å². The number of hydrogen-bond donors (Lipinski definition) is 1. The third kappa shape index (κ3) is 4.07. The van der Waals surface area contributed by atoms with Crippen LogP contribution in [-0.2, 0) is 19.7 Å². The van der Waals surface area contributed by atoms with Gasteiger partial charge in [0.1, 0.15) is 0 Å². The first-order chi connectivity index (χ1) is 13.7. The van der Waals surface area contributed by atoms with Gasteiger partial charge in [-0.15, -0.1) is 0 Å². The Kier molecular flexibility index (Phi) is 7.37. The zero-order valence-electron chi connectivity index (χ0n) is 16.5. The van der Waals surface area contributed by atoms with Crippen molar-refractivity contribution in [3.63, 3.8) is 0 Å². The molecular formula is C21H30N2O4S. The number of ether oxygens (including phenoxy) is 1. The lowest BCUT2D eigenvalue weighted by Gasteiger charge is -2.32. The maximum Gasteiger partial charge on any atom is 0.290 e. The summed E-state index contributed by atoms with van der Waals surface area (Å²) in [4.78, 5) is 26.4. The van der Waals surface area contributed by atoms with Crippen molar-refractivity contribution in [3.8, 4) is 0 Å². The monoisotopic (exact) mass is 406 g/mol. The molecule has 3 aliphatic heterocycles. The first-order valence-corrected chi connectivity index (χ1v) is 11.2. The molecule has 3 aliphatic rings.